The Bertz CT molecular complexity index is 428. The van der Waals surface area contributed by atoms with E-state index in [1.54, 1.807) is 21.3 Å². The molecule has 0 aromatic heterocycles. The SMILES string of the molecule is C=Cc1ccccc1C[Si](OC)(OC)[Si](C)(C)OC. The quantitative estimate of drug-likeness (QED) is 0.724. The van der Waals surface area contributed by atoms with Gasteiger partial charge in [0.1, 0.15) is 0 Å². The first-order chi connectivity index (χ1) is 8.96. The fourth-order valence-corrected chi connectivity index (χ4v) is 11.0. The largest absolute Gasteiger partial charge is 0.417 e. The smallest absolute Gasteiger partial charge is 0.352 e. The Morgan fingerprint density at radius 3 is 2.11 bits per heavy atom. The summed E-state index contributed by atoms with van der Waals surface area (Å²) in [6.45, 7) is 8.18. The van der Waals surface area contributed by atoms with Crippen LogP contribution in [0.2, 0.25) is 13.1 Å². The first-order valence-electron chi connectivity index (χ1n) is 6.32. The van der Waals surface area contributed by atoms with Gasteiger partial charge in [-0.25, -0.2) is 0 Å². The average Bonchev–Trinajstić information content (AvgIpc) is 2.44. The highest BCUT2D eigenvalue weighted by atomic mass is 29.3. The summed E-state index contributed by atoms with van der Waals surface area (Å²) in [6.07, 6.45) is 1.88. The van der Waals surface area contributed by atoms with E-state index < -0.39 is 15.9 Å². The standard InChI is InChI=1S/C14H24O3Si2/c1-7-13-10-8-9-11-14(13)12-19(16-3,17-4)18(5,6)15-2/h7-11H,1,12H2,2-6H3. The first-order valence-corrected chi connectivity index (χ1v) is 12.3. The topological polar surface area (TPSA) is 27.7 Å². The van der Waals surface area contributed by atoms with Crippen LogP contribution in [0, 0.1) is 0 Å². The normalized spacial score (nSPS) is 12.5. The van der Waals surface area contributed by atoms with Gasteiger partial charge in [-0.05, 0) is 24.2 Å². The first kappa shape index (κ1) is 16.3. The van der Waals surface area contributed by atoms with Gasteiger partial charge in [-0.15, -0.1) is 0 Å². The van der Waals surface area contributed by atoms with Crippen molar-refractivity contribution in [2.45, 2.75) is 19.1 Å². The van der Waals surface area contributed by atoms with Crippen LogP contribution in [-0.2, 0) is 19.3 Å². The van der Waals surface area contributed by atoms with Crippen molar-refractivity contribution in [3.8, 4) is 0 Å². The number of hydrogen-bond donors (Lipinski definition) is 0. The van der Waals surface area contributed by atoms with Crippen molar-refractivity contribution in [3.05, 3.63) is 42.0 Å². The molecule has 19 heavy (non-hydrogen) atoms. The van der Waals surface area contributed by atoms with Crippen molar-refractivity contribution < 1.29 is 13.3 Å². The zero-order valence-corrected chi connectivity index (χ0v) is 14.5. The highest BCUT2D eigenvalue weighted by molar-refractivity contribution is 7.33. The van der Waals surface area contributed by atoms with Crippen molar-refractivity contribution >= 4 is 22.0 Å². The van der Waals surface area contributed by atoms with Crippen LogP contribution in [0.1, 0.15) is 11.1 Å². The second kappa shape index (κ2) is 6.63. The minimum atomic E-state index is -2.39. The molecule has 0 N–H and O–H groups in total. The lowest BCUT2D eigenvalue weighted by atomic mass is 10.1. The maximum absolute atomic E-state index is 5.87. The molecule has 0 radical (unpaired) electrons. The summed E-state index contributed by atoms with van der Waals surface area (Å²) in [4.78, 5) is 0. The number of benzene rings is 1. The molecule has 0 aliphatic heterocycles. The minimum Gasteiger partial charge on any atom is -0.417 e. The predicted molar refractivity (Wildman–Crippen MR) is 84.5 cm³/mol. The van der Waals surface area contributed by atoms with E-state index in [1.165, 1.54) is 5.56 Å². The Kier molecular flexibility index (Phi) is 5.70. The summed E-state index contributed by atoms with van der Waals surface area (Å²) in [5.74, 6) is 0. The molecule has 0 atom stereocenters. The van der Waals surface area contributed by atoms with Crippen LogP contribution >= 0.6 is 0 Å². The fraction of sp³-hybridized carbons (Fsp3) is 0.429. The van der Waals surface area contributed by atoms with E-state index >= 15 is 0 Å². The second-order valence-corrected chi connectivity index (χ2v) is 17.0. The Balaban J connectivity index is 3.19. The Labute approximate surface area is 118 Å². The van der Waals surface area contributed by atoms with Crippen LogP contribution in [0.25, 0.3) is 6.08 Å². The van der Waals surface area contributed by atoms with Crippen molar-refractivity contribution in [2.24, 2.45) is 0 Å². The zero-order chi connectivity index (χ0) is 14.5. The molecular formula is C14H24O3Si2. The van der Waals surface area contributed by atoms with Gasteiger partial charge in [-0.2, -0.15) is 0 Å². The lowest BCUT2D eigenvalue weighted by Crippen LogP contribution is -2.65. The zero-order valence-electron chi connectivity index (χ0n) is 12.5. The monoisotopic (exact) mass is 296 g/mol. The van der Waals surface area contributed by atoms with Gasteiger partial charge in [0.15, 0.2) is 0 Å². The van der Waals surface area contributed by atoms with Gasteiger partial charge in [-0.1, -0.05) is 36.9 Å². The highest BCUT2D eigenvalue weighted by Gasteiger charge is 2.54. The van der Waals surface area contributed by atoms with Crippen LogP contribution in [0.3, 0.4) is 0 Å². The number of rotatable bonds is 7. The molecule has 0 saturated heterocycles. The Hall–Kier alpha value is -0.726. The Morgan fingerprint density at radius 2 is 1.63 bits per heavy atom. The van der Waals surface area contributed by atoms with Crippen LogP contribution in [0.4, 0.5) is 0 Å². The van der Waals surface area contributed by atoms with Gasteiger partial charge in [0.05, 0.1) is 0 Å². The highest BCUT2D eigenvalue weighted by Crippen LogP contribution is 2.27. The van der Waals surface area contributed by atoms with Crippen LogP contribution in [0.15, 0.2) is 30.8 Å². The molecule has 5 heteroatoms. The molecule has 106 valence electrons. The lowest BCUT2D eigenvalue weighted by molar-refractivity contribution is 0.248. The van der Waals surface area contributed by atoms with E-state index in [4.69, 9.17) is 13.3 Å². The summed E-state index contributed by atoms with van der Waals surface area (Å²) >= 11 is 0. The molecule has 0 amide bonds. The van der Waals surface area contributed by atoms with Gasteiger partial charge in [0.2, 0.25) is 7.83 Å². The third-order valence-corrected chi connectivity index (χ3v) is 16.7. The van der Waals surface area contributed by atoms with Gasteiger partial charge >= 0.3 is 8.08 Å². The average molecular weight is 297 g/mol. The molecule has 0 bridgehead atoms. The number of hydrogen-bond acceptors (Lipinski definition) is 3. The minimum absolute atomic E-state index is 0.787. The fourth-order valence-electron chi connectivity index (χ4n) is 2.23. The van der Waals surface area contributed by atoms with E-state index in [0.29, 0.717) is 0 Å². The Morgan fingerprint density at radius 1 is 1.05 bits per heavy atom. The van der Waals surface area contributed by atoms with Gasteiger partial charge in [-0.3, -0.25) is 0 Å². The van der Waals surface area contributed by atoms with E-state index in [0.717, 1.165) is 11.6 Å². The maximum atomic E-state index is 5.87. The van der Waals surface area contributed by atoms with Gasteiger partial charge in [0, 0.05) is 27.4 Å². The van der Waals surface area contributed by atoms with Crippen LogP contribution in [0.5, 0.6) is 0 Å². The second-order valence-electron chi connectivity index (χ2n) is 4.96. The summed E-state index contributed by atoms with van der Waals surface area (Å²) < 4.78 is 17.5. The van der Waals surface area contributed by atoms with Crippen molar-refractivity contribution in [1.82, 2.24) is 0 Å². The summed E-state index contributed by atoms with van der Waals surface area (Å²) in [6, 6.07) is 9.01. The molecule has 0 unspecified atom stereocenters. The third-order valence-electron chi connectivity index (χ3n) is 3.79. The van der Waals surface area contributed by atoms with E-state index in [9.17, 15) is 0 Å². The molecule has 1 aromatic rings. The lowest BCUT2D eigenvalue weighted by Gasteiger charge is -2.38. The predicted octanol–water partition coefficient (Wildman–Crippen LogP) is 3.08. The molecule has 0 heterocycles. The molecule has 0 saturated carbocycles. The van der Waals surface area contributed by atoms with Gasteiger partial charge < -0.3 is 13.3 Å². The summed E-state index contributed by atoms with van der Waals surface area (Å²) in [5.41, 5.74) is 2.35. The van der Waals surface area contributed by atoms with Crippen molar-refractivity contribution in [3.63, 3.8) is 0 Å². The van der Waals surface area contributed by atoms with Crippen LogP contribution < -0.4 is 0 Å². The molecule has 1 aromatic carbocycles. The van der Waals surface area contributed by atoms with E-state index in [-0.39, 0.29) is 0 Å². The molecule has 3 nitrogen and oxygen atoms in total. The summed E-state index contributed by atoms with van der Waals surface area (Å²) in [7, 11) is 0.822. The summed E-state index contributed by atoms with van der Waals surface area (Å²) in [5, 5.41) is 0. The molecule has 0 fully saturated rings. The van der Waals surface area contributed by atoms with Crippen molar-refractivity contribution in [1.29, 1.82) is 0 Å². The molecule has 0 spiro atoms. The van der Waals surface area contributed by atoms with E-state index in [2.05, 4.69) is 31.8 Å². The van der Waals surface area contributed by atoms with Crippen LogP contribution in [-0.4, -0.2) is 37.2 Å². The molecule has 0 aliphatic rings. The molecular weight excluding hydrogens is 272 g/mol. The van der Waals surface area contributed by atoms with E-state index in [1.807, 2.05) is 18.2 Å². The molecule has 1 rings (SSSR count). The molecule has 0 aliphatic carbocycles. The third kappa shape index (κ3) is 3.24. The maximum Gasteiger partial charge on any atom is 0.352 e. The van der Waals surface area contributed by atoms with Gasteiger partial charge in [0.25, 0.3) is 0 Å². The van der Waals surface area contributed by atoms with Crippen molar-refractivity contribution in [2.75, 3.05) is 21.3 Å².